The van der Waals surface area contributed by atoms with Gasteiger partial charge in [-0.3, -0.25) is 18.4 Å². The number of hydrogen-bond donors (Lipinski definition) is 0. The largest absolute Gasteiger partial charge is 0.386 e. The molecule has 356 valence electrons. The first-order valence-electron chi connectivity index (χ1n) is 23.6. The van der Waals surface area contributed by atoms with E-state index < -0.39 is 23.9 Å². The van der Waals surface area contributed by atoms with Gasteiger partial charge in [0.1, 0.15) is 11.3 Å². The zero-order valence-electron chi connectivity index (χ0n) is 38.1. The Morgan fingerprint density at radius 1 is 0.316 bits per heavy atom. The molecule has 0 atom stereocenters. The number of nitrogens with zero attached hydrogens (tertiary/aromatic N) is 4. The van der Waals surface area contributed by atoms with Crippen molar-refractivity contribution in [3.63, 3.8) is 0 Å². The normalized spacial score (nSPS) is 13.9. The summed E-state index contributed by atoms with van der Waals surface area (Å²) in [6.45, 7) is 0. The van der Waals surface area contributed by atoms with Crippen LogP contribution in [0.25, 0.3) is 141 Å². The predicted molar refractivity (Wildman–Crippen MR) is 308 cm³/mol. The van der Waals surface area contributed by atoms with Gasteiger partial charge in [0.15, 0.2) is 0 Å². The maximum atomic E-state index is 14.2. The molecule has 2 aliphatic rings. The lowest BCUT2D eigenvalue weighted by atomic mass is 9.83. The van der Waals surface area contributed by atoms with Crippen LogP contribution in [0.4, 0.5) is 0 Å². The standard InChI is InChI=1S/C36H14Br2N4O2.C24H6Br2O6/c37-21-13-19-27-17(33-39-23-5-1-3-7-25(23)41(33)35(19)43)11-9-15-30-22(38)14-20-28-18(12-10-16(32(28)30)29(21)31(15)27)34-40-24-6-2-4-8-26(24)42(34)36(20)44;25-13-5-12-16-10(22(28)32-24(12)30)4-2-8-18-14(26)6-11-15-9(21(27)31-23(11)29)3-1-7(19(15)18)17(13)20(8)16/h1-14H;1-6H. The van der Waals surface area contributed by atoms with E-state index in [1.54, 1.807) is 45.2 Å². The SMILES string of the molecule is O=C1OC(=O)c2cc(Br)c3c4ccc5c6c(cc(Br)c(c7ccc1c2c73)c64)C(=O)OC5=O.O=c1c2cc(Br)c3c4ccc5c6c(cc(Br)c(c7ccc(c2c73)c2nc3ccccc3n12)c46)c(=O)n1c2ccccc2nc51. The highest BCUT2D eigenvalue weighted by Crippen LogP contribution is 2.52. The third-order valence-electron chi connectivity index (χ3n) is 15.7. The summed E-state index contributed by atoms with van der Waals surface area (Å²) >= 11 is 15.0. The first kappa shape index (κ1) is 43.0. The van der Waals surface area contributed by atoms with Crippen molar-refractivity contribution in [1.82, 2.24) is 18.8 Å². The van der Waals surface area contributed by atoms with Crippen molar-refractivity contribution < 1.29 is 28.7 Å². The summed E-state index contributed by atoms with van der Waals surface area (Å²) in [5, 5.41) is 16.6. The van der Waals surface area contributed by atoms with Crippen LogP contribution in [0.1, 0.15) is 41.4 Å². The average Bonchev–Trinajstić information content (AvgIpc) is 4.06. The number of fused-ring (bicyclic) bond motifs is 12. The molecule has 16 heteroatoms. The van der Waals surface area contributed by atoms with Crippen LogP contribution < -0.4 is 11.1 Å². The van der Waals surface area contributed by atoms with E-state index in [-0.39, 0.29) is 11.1 Å². The number of carbonyl (C=O) groups excluding carboxylic acids is 4. The summed E-state index contributed by atoms with van der Waals surface area (Å²) in [6.07, 6.45) is 0. The number of carbonyl (C=O) groups is 4. The van der Waals surface area contributed by atoms with Crippen LogP contribution in [0.3, 0.4) is 0 Å². The summed E-state index contributed by atoms with van der Waals surface area (Å²) in [7, 11) is 0. The maximum absolute atomic E-state index is 14.2. The Kier molecular flexibility index (Phi) is 8.12. The molecule has 76 heavy (non-hydrogen) atoms. The van der Waals surface area contributed by atoms with Gasteiger partial charge in [0.05, 0.1) is 55.1 Å². The van der Waals surface area contributed by atoms with Gasteiger partial charge < -0.3 is 9.47 Å². The van der Waals surface area contributed by atoms with Crippen LogP contribution in [-0.4, -0.2) is 42.6 Å². The number of ether oxygens (including phenoxy) is 2. The van der Waals surface area contributed by atoms with Crippen LogP contribution in [0.2, 0.25) is 0 Å². The van der Waals surface area contributed by atoms with Gasteiger partial charge >= 0.3 is 23.9 Å². The summed E-state index contributed by atoms with van der Waals surface area (Å²) in [5.74, 6) is -2.78. The number of esters is 4. The van der Waals surface area contributed by atoms with E-state index in [4.69, 9.17) is 19.4 Å². The minimum absolute atomic E-state index is 0.0924. The Morgan fingerprint density at radius 3 is 1.05 bits per heavy atom. The van der Waals surface area contributed by atoms with Gasteiger partial charge in [0, 0.05) is 93.3 Å². The van der Waals surface area contributed by atoms with Gasteiger partial charge in [-0.15, -0.1) is 0 Å². The molecule has 16 aromatic rings. The molecule has 0 saturated heterocycles. The van der Waals surface area contributed by atoms with Gasteiger partial charge in [0.25, 0.3) is 11.1 Å². The quantitative estimate of drug-likeness (QED) is 0.0620. The molecule has 2 aliphatic heterocycles. The van der Waals surface area contributed by atoms with Crippen LogP contribution in [0.5, 0.6) is 0 Å². The van der Waals surface area contributed by atoms with E-state index in [0.29, 0.717) is 64.0 Å². The highest BCUT2D eigenvalue weighted by Gasteiger charge is 2.35. The van der Waals surface area contributed by atoms with Crippen LogP contribution in [-0.2, 0) is 9.47 Å². The van der Waals surface area contributed by atoms with Crippen molar-refractivity contribution >= 4 is 229 Å². The second-order valence-electron chi connectivity index (χ2n) is 19.2. The third kappa shape index (κ3) is 5.04. The first-order valence-corrected chi connectivity index (χ1v) is 26.8. The topological polar surface area (TPSA) is 155 Å². The third-order valence-corrected chi connectivity index (χ3v) is 18.2. The Bertz CT molecular complexity index is 5380. The number of rotatable bonds is 0. The van der Waals surface area contributed by atoms with Crippen molar-refractivity contribution in [3.8, 4) is 0 Å². The second-order valence-corrected chi connectivity index (χ2v) is 22.7. The van der Waals surface area contributed by atoms with Crippen LogP contribution in [0.15, 0.2) is 149 Å². The number of imidazole rings is 2. The summed E-state index contributed by atoms with van der Waals surface area (Å²) in [4.78, 5) is 88.1. The molecule has 0 aliphatic carbocycles. The van der Waals surface area contributed by atoms with E-state index >= 15 is 0 Å². The lowest BCUT2D eigenvalue weighted by Crippen LogP contribution is -2.20. The van der Waals surface area contributed by atoms with E-state index in [1.165, 1.54) is 0 Å². The van der Waals surface area contributed by atoms with Gasteiger partial charge in [-0.1, -0.05) is 112 Å². The number of pyridine rings is 2. The molecule has 12 nitrogen and oxygen atoms in total. The fraction of sp³-hybridized carbons (Fsp3) is 0. The predicted octanol–water partition coefficient (Wildman–Crippen LogP) is 14.6. The molecular weight excluding hydrogens is 1220 g/mol. The summed E-state index contributed by atoms with van der Waals surface area (Å²) in [6, 6.07) is 38.0. The monoisotopic (exact) mass is 1240 g/mol. The molecule has 0 bridgehead atoms. The molecule has 0 radical (unpaired) electrons. The molecular formula is C60H20Br4N4O8. The summed E-state index contributed by atoms with van der Waals surface area (Å²) < 4.78 is 16.2. The van der Waals surface area contributed by atoms with Crippen molar-refractivity contribution in [2.45, 2.75) is 0 Å². The highest BCUT2D eigenvalue weighted by atomic mass is 79.9. The van der Waals surface area contributed by atoms with Gasteiger partial charge in [-0.25, -0.2) is 29.1 Å². The van der Waals surface area contributed by atoms with Gasteiger partial charge in [-0.05, 0) is 94.3 Å². The number of halogens is 4. The van der Waals surface area contributed by atoms with Crippen molar-refractivity contribution in [1.29, 1.82) is 0 Å². The number of benzene rings is 12. The Morgan fingerprint density at radius 2 is 0.645 bits per heavy atom. The number of aromatic nitrogens is 4. The summed E-state index contributed by atoms with van der Waals surface area (Å²) in [5.41, 5.74) is 5.53. The van der Waals surface area contributed by atoms with E-state index in [9.17, 15) is 28.8 Å². The molecule has 0 saturated carbocycles. The van der Waals surface area contributed by atoms with E-state index in [2.05, 4.69) is 88.0 Å². The smallest absolute Gasteiger partial charge is 0.346 e. The number of cyclic esters (lactones) is 4. The zero-order valence-corrected chi connectivity index (χ0v) is 44.5. The lowest BCUT2D eigenvalue weighted by molar-refractivity contribution is 0.0373. The van der Waals surface area contributed by atoms with Gasteiger partial charge in [0.2, 0.25) is 0 Å². The Labute approximate surface area is 454 Å². The lowest BCUT2D eigenvalue weighted by Gasteiger charge is -2.24. The van der Waals surface area contributed by atoms with Crippen LogP contribution in [0, 0.1) is 0 Å². The molecule has 0 N–H and O–H groups in total. The van der Waals surface area contributed by atoms with E-state index in [1.807, 2.05) is 60.7 Å². The second kappa shape index (κ2) is 14.3. The Hall–Kier alpha value is -8.28. The van der Waals surface area contributed by atoms with Gasteiger partial charge in [-0.2, -0.15) is 0 Å². The number of hydrogen-bond acceptors (Lipinski definition) is 10. The van der Waals surface area contributed by atoms with Crippen molar-refractivity contribution in [2.24, 2.45) is 0 Å². The highest BCUT2D eigenvalue weighted by molar-refractivity contribution is 9.11. The molecule has 18 rings (SSSR count). The molecule has 0 amide bonds. The van der Waals surface area contributed by atoms with Crippen molar-refractivity contribution in [3.05, 3.63) is 182 Å². The fourth-order valence-electron chi connectivity index (χ4n) is 12.8. The van der Waals surface area contributed by atoms with Crippen molar-refractivity contribution in [2.75, 3.05) is 0 Å². The van der Waals surface area contributed by atoms with Crippen LogP contribution >= 0.6 is 63.7 Å². The average molecular weight is 1240 g/mol. The molecule has 6 heterocycles. The Balaban J connectivity index is 0.000000130. The molecule has 0 unspecified atom stereocenters. The molecule has 12 aromatic carbocycles. The maximum Gasteiger partial charge on any atom is 0.346 e. The molecule has 0 spiro atoms. The fourth-order valence-corrected chi connectivity index (χ4v) is 15.4. The minimum Gasteiger partial charge on any atom is -0.386 e. The molecule has 0 fully saturated rings. The zero-order chi connectivity index (χ0) is 51.2. The molecule has 4 aromatic heterocycles. The number of para-hydroxylation sites is 4. The minimum atomic E-state index is -0.699. The first-order chi connectivity index (χ1) is 36.9. The van der Waals surface area contributed by atoms with E-state index in [0.717, 1.165) is 117 Å².